The molecule has 0 atom stereocenters. The van der Waals surface area contributed by atoms with E-state index in [0.29, 0.717) is 0 Å². The molecule has 62 valence electrons. The molecule has 0 N–H and O–H groups in total. The van der Waals surface area contributed by atoms with E-state index in [0.717, 1.165) is 8.96 Å². The quantitative estimate of drug-likeness (QED) is 0.709. The van der Waals surface area contributed by atoms with Crippen LogP contribution in [0.3, 0.4) is 0 Å². The largest absolute Gasteiger partial charge is 0.0847 e. The van der Waals surface area contributed by atoms with E-state index in [1.165, 1.54) is 5.56 Å². The SMILES string of the molecule is C=C(Br)/C=C\c1ccc(Br)cc1. The summed E-state index contributed by atoms with van der Waals surface area (Å²) in [6, 6.07) is 8.10. The van der Waals surface area contributed by atoms with Gasteiger partial charge in [0.15, 0.2) is 0 Å². The molecule has 0 radical (unpaired) electrons. The maximum absolute atomic E-state index is 3.71. The van der Waals surface area contributed by atoms with Crippen molar-refractivity contribution in [2.75, 3.05) is 0 Å². The Bertz CT molecular complexity index is 296. The van der Waals surface area contributed by atoms with Gasteiger partial charge in [0.05, 0.1) is 0 Å². The molecule has 0 heterocycles. The second kappa shape index (κ2) is 4.63. The fraction of sp³-hybridized carbons (Fsp3) is 0. The number of hydrogen-bond donors (Lipinski definition) is 0. The standard InChI is InChI=1S/C10H8Br2/c1-8(11)2-3-9-4-6-10(12)7-5-9/h2-7H,1H2/b3-2-. The summed E-state index contributed by atoms with van der Waals surface area (Å²) in [5.41, 5.74) is 1.17. The van der Waals surface area contributed by atoms with Gasteiger partial charge in [0.2, 0.25) is 0 Å². The maximum atomic E-state index is 3.71. The zero-order chi connectivity index (χ0) is 8.97. The molecule has 0 nitrogen and oxygen atoms in total. The molecule has 2 heteroatoms. The van der Waals surface area contributed by atoms with E-state index >= 15 is 0 Å². The van der Waals surface area contributed by atoms with Crippen molar-refractivity contribution in [3.05, 3.63) is 51.4 Å². The summed E-state index contributed by atoms with van der Waals surface area (Å²) in [5, 5.41) is 0. The van der Waals surface area contributed by atoms with Crippen LogP contribution in [0.25, 0.3) is 6.08 Å². The minimum atomic E-state index is 0.880. The van der Waals surface area contributed by atoms with Crippen LogP contribution >= 0.6 is 31.9 Å². The van der Waals surface area contributed by atoms with E-state index in [2.05, 4.69) is 38.4 Å². The van der Waals surface area contributed by atoms with Crippen LogP contribution in [0, 0.1) is 0 Å². The van der Waals surface area contributed by atoms with Gasteiger partial charge in [-0.05, 0) is 23.8 Å². The molecule has 0 amide bonds. The average Bonchev–Trinajstić information content (AvgIpc) is 2.03. The molecule has 1 aromatic rings. The first-order valence-corrected chi connectivity index (χ1v) is 5.05. The van der Waals surface area contributed by atoms with Gasteiger partial charge in [-0.1, -0.05) is 56.6 Å². The van der Waals surface area contributed by atoms with Crippen molar-refractivity contribution in [2.24, 2.45) is 0 Å². The van der Waals surface area contributed by atoms with Gasteiger partial charge in [-0.25, -0.2) is 0 Å². The third kappa shape index (κ3) is 3.37. The molecule has 0 spiro atoms. The lowest BCUT2D eigenvalue weighted by Gasteiger charge is -1.92. The summed E-state index contributed by atoms with van der Waals surface area (Å²) >= 11 is 6.63. The molecule has 0 saturated carbocycles. The molecule has 0 unspecified atom stereocenters. The van der Waals surface area contributed by atoms with Crippen molar-refractivity contribution in [3.63, 3.8) is 0 Å². The molecule has 1 aromatic carbocycles. The molecule has 0 bridgehead atoms. The molecular formula is C10H8Br2. The van der Waals surface area contributed by atoms with Crippen molar-refractivity contribution in [2.45, 2.75) is 0 Å². The highest BCUT2D eigenvalue weighted by atomic mass is 79.9. The lowest BCUT2D eigenvalue weighted by molar-refractivity contribution is 1.61. The summed E-state index contributed by atoms with van der Waals surface area (Å²) in [5.74, 6) is 0. The van der Waals surface area contributed by atoms with Crippen molar-refractivity contribution < 1.29 is 0 Å². The van der Waals surface area contributed by atoms with Crippen molar-refractivity contribution in [1.29, 1.82) is 0 Å². The summed E-state index contributed by atoms with van der Waals surface area (Å²) in [6.07, 6.45) is 3.92. The van der Waals surface area contributed by atoms with Gasteiger partial charge < -0.3 is 0 Å². The molecule has 0 aliphatic carbocycles. The van der Waals surface area contributed by atoms with Gasteiger partial charge >= 0.3 is 0 Å². The van der Waals surface area contributed by atoms with Crippen LogP contribution in [-0.4, -0.2) is 0 Å². The topological polar surface area (TPSA) is 0 Å². The molecule has 0 aromatic heterocycles. The molecular weight excluding hydrogens is 280 g/mol. The Balaban J connectivity index is 2.77. The third-order valence-corrected chi connectivity index (χ3v) is 2.12. The van der Waals surface area contributed by atoms with Gasteiger partial charge in [-0.2, -0.15) is 0 Å². The number of benzene rings is 1. The Morgan fingerprint density at radius 1 is 1.25 bits per heavy atom. The predicted molar refractivity (Wildman–Crippen MR) is 61.2 cm³/mol. The van der Waals surface area contributed by atoms with E-state index in [4.69, 9.17) is 0 Å². The van der Waals surface area contributed by atoms with Crippen molar-refractivity contribution >= 4 is 37.9 Å². The normalized spacial score (nSPS) is 10.5. The Labute approximate surface area is 89.2 Å². The molecule has 0 aliphatic rings. The highest BCUT2D eigenvalue weighted by molar-refractivity contribution is 9.11. The van der Waals surface area contributed by atoms with Crippen molar-refractivity contribution in [1.82, 2.24) is 0 Å². The van der Waals surface area contributed by atoms with E-state index in [1.807, 2.05) is 36.4 Å². The molecule has 0 fully saturated rings. The van der Waals surface area contributed by atoms with Crippen LogP contribution in [0.15, 0.2) is 45.9 Å². The molecule has 12 heavy (non-hydrogen) atoms. The third-order valence-electron chi connectivity index (χ3n) is 1.33. The first kappa shape index (κ1) is 9.75. The molecule has 1 rings (SSSR count). The Kier molecular flexibility index (Phi) is 3.76. The highest BCUT2D eigenvalue weighted by Crippen LogP contribution is 2.13. The van der Waals surface area contributed by atoms with Gasteiger partial charge in [0.25, 0.3) is 0 Å². The van der Waals surface area contributed by atoms with E-state index in [9.17, 15) is 0 Å². The van der Waals surface area contributed by atoms with Crippen molar-refractivity contribution in [3.8, 4) is 0 Å². The zero-order valence-corrected chi connectivity index (χ0v) is 9.60. The van der Waals surface area contributed by atoms with Gasteiger partial charge in [-0.3, -0.25) is 0 Å². The summed E-state index contributed by atoms with van der Waals surface area (Å²) in [7, 11) is 0. The maximum Gasteiger partial charge on any atom is 0.0175 e. The number of hydrogen-bond acceptors (Lipinski definition) is 0. The molecule has 0 aliphatic heterocycles. The second-order valence-electron chi connectivity index (χ2n) is 2.33. The van der Waals surface area contributed by atoms with E-state index in [1.54, 1.807) is 0 Å². The number of allylic oxidation sites excluding steroid dienone is 2. The fourth-order valence-corrected chi connectivity index (χ4v) is 1.16. The van der Waals surface area contributed by atoms with Crippen LogP contribution in [-0.2, 0) is 0 Å². The highest BCUT2D eigenvalue weighted by Gasteiger charge is 1.86. The van der Waals surface area contributed by atoms with Crippen LogP contribution in [0.4, 0.5) is 0 Å². The Hall–Kier alpha value is -0.340. The van der Waals surface area contributed by atoms with Crippen LogP contribution in [0.5, 0.6) is 0 Å². The lowest BCUT2D eigenvalue weighted by Crippen LogP contribution is -1.69. The Morgan fingerprint density at radius 3 is 2.33 bits per heavy atom. The first-order valence-electron chi connectivity index (χ1n) is 3.46. The minimum Gasteiger partial charge on any atom is -0.0847 e. The first-order chi connectivity index (χ1) is 5.68. The summed E-state index contributed by atoms with van der Waals surface area (Å²) < 4.78 is 1.97. The van der Waals surface area contributed by atoms with Crippen LogP contribution < -0.4 is 0 Å². The summed E-state index contributed by atoms with van der Waals surface area (Å²) in [6.45, 7) is 3.71. The molecule has 0 saturated heterocycles. The van der Waals surface area contributed by atoms with E-state index in [-0.39, 0.29) is 0 Å². The van der Waals surface area contributed by atoms with Crippen LogP contribution in [0.2, 0.25) is 0 Å². The second-order valence-corrected chi connectivity index (χ2v) is 4.27. The number of rotatable bonds is 2. The van der Waals surface area contributed by atoms with E-state index < -0.39 is 0 Å². The van der Waals surface area contributed by atoms with Gasteiger partial charge in [-0.15, -0.1) is 0 Å². The average molecular weight is 288 g/mol. The number of halogens is 2. The lowest BCUT2D eigenvalue weighted by atomic mass is 10.2. The zero-order valence-electron chi connectivity index (χ0n) is 6.43. The predicted octanol–water partition coefficient (Wildman–Crippen LogP) is 4.37. The van der Waals surface area contributed by atoms with Gasteiger partial charge in [0, 0.05) is 8.96 Å². The smallest absolute Gasteiger partial charge is 0.0175 e. The Morgan fingerprint density at radius 2 is 1.83 bits per heavy atom. The summed E-state index contributed by atoms with van der Waals surface area (Å²) in [4.78, 5) is 0. The van der Waals surface area contributed by atoms with Crippen LogP contribution in [0.1, 0.15) is 5.56 Å². The fourth-order valence-electron chi connectivity index (χ4n) is 0.761. The van der Waals surface area contributed by atoms with Gasteiger partial charge in [0.1, 0.15) is 0 Å². The minimum absolute atomic E-state index is 0.880. The monoisotopic (exact) mass is 286 g/mol.